The first-order valence-electron chi connectivity index (χ1n) is 6.95. The highest BCUT2D eigenvalue weighted by atomic mass is 19.1. The molecule has 2 rings (SSSR count). The number of halogens is 2. The fourth-order valence-electron chi connectivity index (χ4n) is 2.06. The van der Waals surface area contributed by atoms with Gasteiger partial charge in [0.25, 0.3) is 0 Å². The fourth-order valence-corrected chi connectivity index (χ4v) is 2.06. The molecule has 21 heavy (non-hydrogen) atoms. The average Bonchev–Trinajstić information content (AvgIpc) is 2.49. The normalized spacial score (nSPS) is 12.2. The van der Waals surface area contributed by atoms with Gasteiger partial charge in [-0.2, -0.15) is 0 Å². The highest BCUT2D eigenvalue weighted by Crippen LogP contribution is 2.24. The Morgan fingerprint density at radius 3 is 2.71 bits per heavy atom. The van der Waals surface area contributed by atoms with Crippen LogP contribution in [0, 0.1) is 11.6 Å². The highest BCUT2D eigenvalue weighted by Gasteiger charge is 2.13. The van der Waals surface area contributed by atoms with Gasteiger partial charge in [0, 0.05) is 6.42 Å². The third-order valence-corrected chi connectivity index (χ3v) is 3.14. The molecule has 0 aliphatic carbocycles. The summed E-state index contributed by atoms with van der Waals surface area (Å²) < 4.78 is 32.2. The molecule has 2 nitrogen and oxygen atoms in total. The lowest BCUT2D eigenvalue weighted by molar-refractivity contribution is 0.176. The van der Waals surface area contributed by atoms with Crippen molar-refractivity contribution in [1.29, 1.82) is 0 Å². The van der Waals surface area contributed by atoms with E-state index in [1.807, 2.05) is 6.92 Å². The zero-order valence-electron chi connectivity index (χ0n) is 11.9. The number of aliphatic hydroxyl groups excluding tert-OH is 1. The van der Waals surface area contributed by atoms with E-state index in [4.69, 9.17) is 4.74 Å². The van der Waals surface area contributed by atoms with E-state index < -0.39 is 17.7 Å². The second-order valence-corrected chi connectivity index (χ2v) is 4.88. The van der Waals surface area contributed by atoms with Crippen LogP contribution in [-0.4, -0.2) is 11.7 Å². The molecule has 4 heteroatoms. The number of rotatable bonds is 6. The van der Waals surface area contributed by atoms with Crippen molar-refractivity contribution >= 4 is 0 Å². The number of ether oxygens (including phenoxy) is 1. The van der Waals surface area contributed by atoms with Crippen LogP contribution in [0.25, 0.3) is 0 Å². The van der Waals surface area contributed by atoms with Gasteiger partial charge < -0.3 is 9.84 Å². The molecule has 2 aromatic rings. The van der Waals surface area contributed by atoms with E-state index in [1.165, 1.54) is 0 Å². The standard InChI is InChI=1S/C17H18F2O2/c1-2-8-21-15-5-3-4-12(10-15)17(20)11-13-9-14(18)6-7-16(13)19/h3-7,9-10,17,20H,2,8,11H2,1H3. The van der Waals surface area contributed by atoms with Crippen LogP contribution >= 0.6 is 0 Å². The summed E-state index contributed by atoms with van der Waals surface area (Å²) in [5.41, 5.74) is 0.773. The molecule has 0 aliphatic rings. The molecule has 0 spiro atoms. The van der Waals surface area contributed by atoms with Crippen molar-refractivity contribution in [2.75, 3.05) is 6.61 Å². The van der Waals surface area contributed by atoms with Gasteiger partial charge in [-0.15, -0.1) is 0 Å². The monoisotopic (exact) mass is 292 g/mol. The number of aliphatic hydroxyl groups is 1. The number of hydrogen-bond acceptors (Lipinski definition) is 2. The van der Waals surface area contributed by atoms with Gasteiger partial charge in [0.15, 0.2) is 0 Å². The molecule has 2 aromatic carbocycles. The molecule has 1 unspecified atom stereocenters. The molecule has 0 saturated carbocycles. The van der Waals surface area contributed by atoms with E-state index in [2.05, 4.69) is 0 Å². The summed E-state index contributed by atoms with van der Waals surface area (Å²) in [6, 6.07) is 10.3. The molecule has 0 heterocycles. The van der Waals surface area contributed by atoms with E-state index in [-0.39, 0.29) is 12.0 Å². The minimum Gasteiger partial charge on any atom is -0.494 e. The predicted molar refractivity (Wildman–Crippen MR) is 77.2 cm³/mol. The third-order valence-electron chi connectivity index (χ3n) is 3.14. The van der Waals surface area contributed by atoms with Crippen molar-refractivity contribution in [3.63, 3.8) is 0 Å². The van der Waals surface area contributed by atoms with Crippen molar-refractivity contribution in [2.24, 2.45) is 0 Å². The summed E-state index contributed by atoms with van der Waals surface area (Å²) in [6.07, 6.45) is -0.00580. The maximum atomic E-state index is 13.6. The summed E-state index contributed by atoms with van der Waals surface area (Å²) >= 11 is 0. The van der Waals surface area contributed by atoms with E-state index in [0.29, 0.717) is 17.9 Å². The molecule has 0 fully saturated rings. The highest BCUT2D eigenvalue weighted by molar-refractivity contribution is 5.31. The van der Waals surface area contributed by atoms with Crippen LogP contribution in [0.3, 0.4) is 0 Å². The maximum Gasteiger partial charge on any atom is 0.126 e. The lowest BCUT2D eigenvalue weighted by Gasteiger charge is -2.13. The topological polar surface area (TPSA) is 29.5 Å². The number of benzene rings is 2. The Bertz CT molecular complexity index is 599. The van der Waals surface area contributed by atoms with Crippen LogP contribution in [0.4, 0.5) is 8.78 Å². The Morgan fingerprint density at radius 2 is 1.95 bits per heavy atom. The summed E-state index contributed by atoms with van der Waals surface area (Å²) in [5, 5.41) is 10.2. The van der Waals surface area contributed by atoms with Gasteiger partial charge >= 0.3 is 0 Å². The molecular weight excluding hydrogens is 274 g/mol. The summed E-state index contributed by atoms with van der Waals surface area (Å²) in [4.78, 5) is 0. The van der Waals surface area contributed by atoms with E-state index in [9.17, 15) is 13.9 Å². The molecule has 0 aromatic heterocycles. The zero-order chi connectivity index (χ0) is 15.2. The van der Waals surface area contributed by atoms with Crippen molar-refractivity contribution < 1.29 is 18.6 Å². The van der Waals surface area contributed by atoms with Crippen LogP contribution in [-0.2, 0) is 6.42 Å². The Balaban J connectivity index is 2.12. The minimum absolute atomic E-state index is 0.0147. The summed E-state index contributed by atoms with van der Waals surface area (Å²) in [7, 11) is 0. The molecule has 112 valence electrons. The molecular formula is C17H18F2O2. The lowest BCUT2D eigenvalue weighted by atomic mass is 10.0. The quantitative estimate of drug-likeness (QED) is 0.871. The molecule has 0 saturated heterocycles. The summed E-state index contributed by atoms with van der Waals surface area (Å²) in [6.45, 7) is 2.60. The van der Waals surface area contributed by atoms with E-state index in [0.717, 1.165) is 24.6 Å². The van der Waals surface area contributed by atoms with Gasteiger partial charge in [-0.05, 0) is 47.9 Å². The molecule has 1 N–H and O–H groups in total. The van der Waals surface area contributed by atoms with Crippen molar-refractivity contribution in [2.45, 2.75) is 25.9 Å². The molecule has 0 aliphatic heterocycles. The minimum atomic E-state index is -0.911. The Hall–Kier alpha value is -1.94. The first kappa shape index (κ1) is 15.4. The molecule has 1 atom stereocenters. The van der Waals surface area contributed by atoms with Crippen molar-refractivity contribution in [3.8, 4) is 5.75 Å². The lowest BCUT2D eigenvalue weighted by Crippen LogP contribution is -2.05. The second-order valence-electron chi connectivity index (χ2n) is 4.88. The van der Waals surface area contributed by atoms with E-state index >= 15 is 0 Å². The van der Waals surface area contributed by atoms with Crippen LogP contribution < -0.4 is 4.74 Å². The van der Waals surface area contributed by atoms with Crippen molar-refractivity contribution in [1.82, 2.24) is 0 Å². The van der Waals surface area contributed by atoms with Gasteiger partial charge in [-0.25, -0.2) is 8.78 Å². The molecule has 0 bridgehead atoms. The summed E-state index contributed by atoms with van der Waals surface area (Å²) in [5.74, 6) is -0.374. The zero-order valence-corrected chi connectivity index (χ0v) is 11.9. The first-order chi connectivity index (χ1) is 10.1. The average molecular weight is 292 g/mol. The maximum absolute atomic E-state index is 13.6. The molecule has 0 radical (unpaired) electrons. The van der Waals surface area contributed by atoms with Gasteiger partial charge in [0.05, 0.1) is 12.7 Å². The Morgan fingerprint density at radius 1 is 1.14 bits per heavy atom. The molecule has 0 amide bonds. The van der Waals surface area contributed by atoms with Gasteiger partial charge in [-0.3, -0.25) is 0 Å². The van der Waals surface area contributed by atoms with Crippen LogP contribution in [0.2, 0.25) is 0 Å². The van der Waals surface area contributed by atoms with Crippen LogP contribution in [0.1, 0.15) is 30.6 Å². The van der Waals surface area contributed by atoms with E-state index in [1.54, 1.807) is 24.3 Å². The Kier molecular flexibility index (Phi) is 5.28. The van der Waals surface area contributed by atoms with Gasteiger partial charge in [0.2, 0.25) is 0 Å². The number of hydrogen-bond donors (Lipinski definition) is 1. The largest absolute Gasteiger partial charge is 0.494 e. The first-order valence-corrected chi connectivity index (χ1v) is 6.95. The second kappa shape index (κ2) is 7.18. The fraction of sp³-hybridized carbons (Fsp3) is 0.294. The predicted octanol–water partition coefficient (Wildman–Crippen LogP) is 4.03. The smallest absolute Gasteiger partial charge is 0.126 e. The van der Waals surface area contributed by atoms with Crippen LogP contribution in [0.5, 0.6) is 5.75 Å². The van der Waals surface area contributed by atoms with Crippen molar-refractivity contribution in [3.05, 3.63) is 65.2 Å². The van der Waals surface area contributed by atoms with Gasteiger partial charge in [0.1, 0.15) is 17.4 Å². The van der Waals surface area contributed by atoms with Crippen LogP contribution in [0.15, 0.2) is 42.5 Å². The SMILES string of the molecule is CCCOc1cccc(C(O)Cc2cc(F)ccc2F)c1. The Labute approximate surface area is 123 Å². The van der Waals surface area contributed by atoms with Gasteiger partial charge in [-0.1, -0.05) is 19.1 Å². The third kappa shape index (κ3) is 4.26.